The number of anilines is 1. The predicted molar refractivity (Wildman–Crippen MR) is 74.4 cm³/mol. The van der Waals surface area contributed by atoms with Gasteiger partial charge in [0.15, 0.2) is 6.79 Å². The highest BCUT2D eigenvalue weighted by Gasteiger charge is 2.20. The van der Waals surface area contributed by atoms with Crippen LogP contribution < -0.4 is 10.1 Å². The van der Waals surface area contributed by atoms with E-state index in [4.69, 9.17) is 9.47 Å². The SMILES string of the molecule is COCOc1c(C(=O)OC)ccc(NC(C)=O)c1CC=O. The maximum Gasteiger partial charge on any atom is 0.341 e. The van der Waals surface area contributed by atoms with Crippen molar-refractivity contribution in [1.29, 1.82) is 0 Å². The van der Waals surface area contributed by atoms with Crippen molar-refractivity contribution in [3.05, 3.63) is 23.3 Å². The first-order chi connectivity index (χ1) is 10.0. The third-order valence-corrected chi connectivity index (χ3v) is 2.59. The highest BCUT2D eigenvalue weighted by molar-refractivity contribution is 5.97. The number of carbonyl (C=O) groups excluding carboxylic acids is 3. The van der Waals surface area contributed by atoms with E-state index in [0.29, 0.717) is 17.5 Å². The lowest BCUT2D eigenvalue weighted by Crippen LogP contribution is -2.14. The minimum Gasteiger partial charge on any atom is -0.466 e. The van der Waals surface area contributed by atoms with Crippen molar-refractivity contribution in [2.45, 2.75) is 13.3 Å². The van der Waals surface area contributed by atoms with Crippen molar-refractivity contribution < 1.29 is 28.6 Å². The Morgan fingerprint density at radius 1 is 1.29 bits per heavy atom. The monoisotopic (exact) mass is 295 g/mol. The van der Waals surface area contributed by atoms with Crippen LogP contribution in [0.1, 0.15) is 22.8 Å². The molecule has 0 saturated heterocycles. The molecule has 1 aromatic rings. The number of nitrogens with one attached hydrogen (secondary N) is 1. The first-order valence-corrected chi connectivity index (χ1v) is 6.12. The van der Waals surface area contributed by atoms with Crippen molar-refractivity contribution >= 4 is 23.9 Å². The summed E-state index contributed by atoms with van der Waals surface area (Å²) in [7, 11) is 2.67. The van der Waals surface area contributed by atoms with E-state index in [-0.39, 0.29) is 30.4 Å². The molecular formula is C14H17NO6. The van der Waals surface area contributed by atoms with Crippen LogP contribution >= 0.6 is 0 Å². The zero-order valence-corrected chi connectivity index (χ0v) is 12.1. The zero-order chi connectivity index (χ0) is 15.8. The van der Waals surface area contributed by atoms with Gasteiger partial charge in [-0.2, -0.15) is 0 Å². The molecule has 0 aliphatic rings. The minimum absolute atomic E-state index is 0.0283. The number of rotatable bonds is 7. The number of methoxy groups -OCH3 is 2. The van der Waals surface area contributed by atoms with Crippen LogP contribution in [0.25, 0.3) is 0 Å². The number of carbonyl (C=O) groups is 3. The number of aldehydes is 1. The van der Waals surface area contributed by atoms with Gasteiger partial charge in [-0.1, -0.05) is 0 Å². The number of amides is 1. The molecule has 0 saturated carbocycles. The number of esters is 1. The molecule has 0 aliphatic heterocycles. The molecule has 1 N–H and O–H groups in total. The molecule has 114 valence electrons. The molecule has 0 unspecified atom stereocenters. The summed E-state index contributed by atoms with van der Waals surface area (Å²) in [6, 6.07) is 2.97. The molecule has 0 bridgehead atoms. The van der Waals surface area contributed by atoms with E-state index >= 15 is 0 Å². The Labute approximate surface area is 122 Å². The van der Waals surface area contributed by atoms with Crippen LogP contribution in [0, 0.1) is 0 Å². The Balaban J connectivity index is 3.40. The number of hydrogen-bond donors (Lipinski definition) is 1. The third kappa shape index (κ3) is 4.28. The van der Waals surface area contributed by atoms with Crippen molar-refractivity contribution in [2.75, 3.05) is 26.3 Å². The molecule has 0 aromatic heterocycles. The highest BCUT2D eigenvalue weighted by Crippen LogP contribution is 2.32. The Kier molecular flexibility index (Phi) is 6.35. The lowest BCUT2D eigenvalue weighted by molar-refractivity contribution is -0.114. The van der Waals surface area contributed by atoms with Gasteiger partial charge in [-0.25, -0.2) is 4.79 Å². The molecule has 7 nitrogen and oxygen atoms in total. The van der Waals surface area contributed by atoms with E-state index in [2.05, 4.69) is 10.1 Å². The van der Waals surface area contributed by atoms with Gasteiger partial charge < -0.3 is 24.3 Å². The molecule has 0 atom stereocenters. The smallest absolute Gasteiger partial charge is 0.341 e. The summed E-state index contributed by atoms with van der Waals surface area (Å²) in [4.78, 5) is 33.9. The summed E-state index contributed by atoms with van der Waals surface area (Å²) >= 11 is 0. The van der Waals surface area contributed by atoms with Gasteiger partial charge in [-0.05, 0) is 12.1 Å². The van der Waals surface area contributed by atoms with Crippen LogP contribution in [0.15, 0.2) is 12.1 Å². The molecule has 7 heteroatoms. The first kappa shape index (κ1) is 16.6. The lowest BCUT2D eigenvalue weighted by atomic mass is 10.0. The fraction of sp³-hybridized carbons (Fsp3) is 0.357. The molecule has 0 heterocycles. The van der Waals surface area contributed by atoms with Gasteiger partial charge >= 0.3 is 5.97 Å². The number of hydrogen-bond acceptors (Lipinski definition) is 6. The Morgan fingerprint density at radius 3 is 2.52 bits per heavy atom. The topological polar surface area (TPSA) is 90.9 Å². The molecule has 0 fully saturated rings. The van der Waals surface area contributed by atoms with Crippen LogP contribution in [-0.2, 0) is 25.5 Å². The van der Waals surface area contributed by atoms with E-state index in [9.17, 15) is 14.4 Å². The Hall–Kier alpha value is -2.41. The largest absolute Gasteiger partial charge is 0.466 e. The molecule has 1 amide bonds. The summed E-state index contributed by atoms with van der Waals surface area (Å²) in [6.45, 7) is 1.23. The van der Waals surface area contributed by atoms with E-state index in [1.54, 1.807) is 0 Å². The van der Waals surface area contributed by atoms with Crippen molar-refractivity contribution in [1.82, 2.24) is 0 Å². The normalized spacial score (nSPS) is 9.86. The van der Waals surface area contributed by atoms with E-state index in [1.165, 1.54) is 33.3 Å². The van der Waals surface area contributed by atoms with Crippen LogP contribution in [0.5, 0.6) is 5.75 Å². The van der Waals surface area contributed by atoms with Crippen molar-refractivity contribution in [3.8, 4) is 5.75 Å². The Bertz CT molecular complexity index is 541. The first-order valence-electron chi connectivity index (χ1n) is 6.12. The molecule has 1 rings (SSSR count). The second kappa shape index (κ2) is 8.01. The summed E-state index contributed by atoms with van der Waals surface area (Å²) in [6.07, 6.45) is 0.626. The summed E-state index contributed by atoms with van der Waals surface area (Å²) in [5.41, 5.74) is 0.939. The van der Waals surface area contributed by atoms with Gasteiger partial charge in [0.25, 0.3) is 0 Å². The Morgan fingerprint density at radius 2 is 2.00 bits per heavy atom. The van der Waals surface area contributed by atoms with Crippen LogP contribution in [-0.4, -0.2) is 39.2 Å². The highest BCUT2D eigenvalue weighted by atomic mass is 16.7. The number of ether oxygens (including phenoxy) is 3. The van der Waals surface area contributed by atoms with Gasteiger partial charge in [-0.3, -0.25) is 4.79 Å². The average molecular weight is 295 g/mol. The van der Waals surface area contributed by atoms with Crippen molar-refractivity contribution in [3.63, 3.8) is 0 Å². The average Bonchev–Trinajstić information content (AvgIpc) is 2.46. The summed E-state index contributed by atoms with van der Waals surface area (Å²) < 4.78 is 14.9. The van der Waals surface area contributed by atoms with Crippen LogP contribution in [0.4, 0.5) is 5.69 Å². The molecule has 1 aromatic carbocycles. The van der Waals surface area contributed by atoms with Gasteiger partial charge in [0, 0.05) is 31.7 Å². The van der Waals surface area contributed by atoms with Gasteiger partial charge in [0.1, 0.15) is 17.6 Å². The molecule has 0 spiro atoms. The fourth-order valence-electron chi connectivity index (χ4n) is 1.77. The molecule has 0 radical (unpaired) electrons. The fourth-order valence-corrected chi connectivity index (χ4v) is 1.77. The van der Waals surface area contributed by atoms with Crippen molar-refractivity contribution in [2.24, 2.45) is 0 Å². The van der Waals surface area contributed by atoms with Crippen LogP contribution in [0.3, 0.4) is 0 Å². The standard InChI is InChI=1S/C14H17NO6/c1-9(17)15-12-5-4-11(14(18)20-3)13(21-8-19-2)10(12)6-7-16/h4-5,7H,6,8H2,1-3H3,(H,15,17). The minimum atomic E-state index is -0.609. The van der Waals surface area contributed by atoms with Gasteiger partial charge in [0.05, 0.1) is 7.11 Å². The predicted octanol–water partition coefficient (Wildman–Crippen LogP) is 1.16. The molecule has 0 aliphatic carbocycles. The number of benzene rings is 1. The molecular weight excluding hydrogens is 278 g/mol. The van der Waals surface area contributed by atoms with E-state index in [1.807, 2.05) is 0 Å². The zero-order valence-electron chi connectivity index (χ0n) is 12.1. The third-order valence-electron chi connectivity index (χ3n) is 2.59. The quantitative estimate of drug-likeness (QED) is 0.461. The second-order valence-corrected chi connectivity index (χ2v) is 4.06. The van der Waals surface area contributed by atoms with E-state index < -0.39 is 5.97 Å². The van der Waals surface area contributed by atoms with Gasteiger partial charge in [0.2, 0.25) is 5.91 Å². The summed E-state index contributed by atoms with van der Waals surface area (Å²) in [5, 5.41) is 2.59. The summed E-state index contributed by atoms with van der Waals surface area (Å²) in [5.74, 6) is -0.754. The second-order valence-electron chi connectivity index (χ2n) is 4.06. The van der Waals surface area contributed by atoms with E-state index in [0.717, 1.165) is 0 Å². The van der Waals surface area contributed by atoms with Crippen LogP contribution in [0.2, 0.25) is 0 Å². The molecule has 21 heavy (non-hydrogen) atoms. The maximum absolute atomic E-state index is 11.8. The lowest BCUT2D eigenvalue weighted by Gasteiger charge is -2.17. The van der Waals surface area contributed by atoms with Gasteiger partial charge in [-0.15, -0.1) is 0 Å². The maximum atomic E-state index is 11.8.